The molecule has 1 heterocycles. The van der Waals surface area contributed by atoms with Crippen molar-refractivity contribution in [1.82, 2.24) is 9.88 Å². The van der Waals surface area contributed by atoms with Gasteiger partial charge in [0, 0.05) is 36.2 Å². The molecule has 0 aliphatic rings. The molecule has 2 rings (SSSR count). The molecule has 1 amide bonds. The Morgan fingerprint density at radius 3 is 2.76 bits per heavy atom. The first-order valence-corrected chi connectivity index (χ1v) is 7.53. The smallest absolute Gasteiger partial charge is 0.250 e. The van der Waals surface area contributed by atoms with E-state index in [2.05, 4.69) is 21.2 Å². The number of hydrogen-bond donors (Lipinski definition) is 1. The number of hydrogen-bond acceptors (Lipinski definition) is 2. The molecular formula is C16H17BrN2O2. The lowest BCUT2D eigenvalue weighted by atomic mass is 10.1. The van der Waals surface area contributed by atoms with Crippen molar-refractivity contribution >= 4 is 21.8 Å². The number of carbonyl (C=O) groups excluding carboxylic acids is 1. The summed E-state index contributed by atoms with van der Waals surface area (Å²) in [4.78, 5) is 23.5. The van der Waals surface area contributed by atoms with Gasteiger partial charge in [-0.1, -0.05) is 24.3 Å². The average Bonchev–Trinajstić information content (AvgIpc) is 2.47. The van der Waals surface area contributed by atoms with E-state index in [4.69, 9.17) is 0 Å². The summed E-state index contributed by atoms with van der Waals surface area (Å²) in [6.07, 6.45) is 1.97. The molecule has 1 aromatic carbocycles. The maximum atomic E-state index is 11.9. The van der Waals surface area contributed by atoms with Gasteiger partial charge in [0.2, 0.25) is 5.91 Å². The van der Waals surface area contributed by atoms with Gasteiger partial charge >= 0.3 is 0 Å². The molecule has 0 saturated heterocycles. The fraction of sp³-hybridized carbons (Fsp3) is 0.250. The van der Waals surface area contributed by atoms with Crippen LogP contribution in [0.5, 0.6) is 0 Å². The summed E-state index contributed by atoms with van der Waals surface area (Å²) in [6.45, 7) is 2.90. The molecule has 21 heavy (non-hydrogen) atoms. The summed E-state index contributed by atoms with van der Waals surface area (Å²) in [5.74, 6) is -0.0647. The zero-order valence-electron chi connectivity index (χ0n) is 11.8. The van der Waals surface area contributed by atoms with Gasteiger partial charge in [0.05, 0.1) is 0 Å². The summed E-state index contributed by atoms with van der Waals surface area (Å²) in [7, 11) is 0. The van der Waals surface area contributed by atoms with Gasteiger partial charge in [-0.2, -0.15) is 0 Å². The van der Waals surface area contributed by atoms with Crippen molar-refractivity contribution in [1.29, 1.82) is 0 Å². The molecule has 0 unspecified atom stereocenters. The number of aromatic nitrogens is 1. The number of rotatable bonds is 5. The van der Waals surface area contributed by atoms with Crippen LogP contribution in [-0.2, 0) is 17.9 Å². The first kappa shape index (κ1) is 15.5. The van der Waals surface area contributed by atoms with Gasteiger partial charge < -0.3 is 9.88 Å². The summed E-state index contributed by atoms with van der Waals surface area (Å²) >= 11 is 3.31. The quantitative estimate of drug-likeness (QED) is 0.902. The Morgan fingerprint density at radius 2 is 2.00 bits per heavy atom. The third-order valence-electron chi connectivity index (χ3n) is 3.26. The molecule has 0 atom stereocenters. The largest absolute Gasteiger partial charge is 0.352 e. The predicted molar refractivity (Wildman–Crippen MR) is 86.0 cm³/mol. The lowest BCUT2D eigenvalue weighted by Crippen LogP contribution is -2.26. The van der Waals surface area contributed by atoms with Crippen LogP contribution in [0.3, 0.4) is 0 Å². The van der Waals surface area contributed by atoms with Crippen molar-refractivity contribution < 1.29 is 4.79 Å². The minimum Gasteiger partial charge on any atom is -0.352 e. The Labute approximate surface area is 131 Å². The van der Waals surface area contributed by atoms with Crippen molar-refractivity contribution in [2.75, 3.05) is 0 Å². The maximum Gasteiger partial charge on any atom is 0.250 e. The fourth-order valence-corrected chi connectivity index (χ4v) is 2.37. The van der Waals surface area contributed by atoms with Gasteiger partial charge in [-0.3, -0.25) is 9.59 Å². The number of pyridine rings is 1. The van der Waals surface area contributed by atoms with Crippen molar-refractivity contribution in [3.05, 3.63) is 68.5 Å². The SMILES string of the molecule is Cc1ccccc1CNC(=O)CCn1cc(Br)ccc1=O. The van der Waals surface area contributed by atoms with E-state index < -0.39 is 0 Å². The van der Waals surface area contributed by atoms with Crippen LogP contribution >= 0.6 is 15.9 Å². The van der Waals surface area contributed by atoms with Crippen molar-refractivity contribution in [2.24, 2.45) is 0 Å². The van der Waals surface area contributed by atoms with Crippen LogP contribution in [0.1, 0.15) is 17.5 Å². The summed E-state index contributed by atoms with van der Waals surface area (Å²) in [6, 6.07) is 11.1. The number of benzene rings is 1. The Balaban J connectivity index is 1.87. The van der Waals surface area contributed by atoms with E-state index in [1.54, 1.807) is 12.3 Å². The molecule has 0 aliphatic carbocycles. The fourth-order valence-electron chi connectivity index (χ4n) is 1.99. The molecule has 2 aromatic rings. The first-order valence-electron chi connectivity index (χ1n) is 6.73. The zero-order chi connectivity index (χ0) is 15.2. The molecule has 110 valence electrons. The first-order chi connectivity index (χ1) is 10.1. The van der Waals surface area contributed by atoms with E-state index in [-0.39, 0.29) is 17.9 Å². The van der Waals surface area contributed by atoms with Crippen LogP contribution in [0.15, 0.2) is 51.9 Å². The Kier molecular flexibility index (Phi) is 5.33. The van der Waals surface area contributed by atoms with E-state index in [1.165, 1.54) is 10.6 Å². The molecule has 4 nitrogen and oxygen atoms in total. The molecule has 1 aromatic heterocycles. The predicted octanol–water partition coefficient (Wildman–Crippen LogP) is 2.63. The Bertz CT molecular complexity index is 695. The second kappa shape index (κ2) is 7.22. The second-order valence-corrected chi connectivity index (χ2v) is 5.75. The molecule has 1 N–H and O–H groups in total. The number of amides is 1. The zero-order valence-corrected chi connectivity index (χ0v) is 13.4. The second-order valence-electron chi connectivity index (χ2n) is 4.83. The minimum atomic E-state index is -0.107. The van der Waals surface area contributed by atoms with Gasteiger partial charge in [0.25, 0.3) is 5.56 Å². The Hall–Kier alpha value is -1.88. The monoisotopic (exact) mass is 348 g/mol. The highest BCUT2D eigenvalue weighted by Gasteiger charge is 2.04. The molecule has 0 spiro atoms. The number of aryl methyl sites for hydroxylation is 2. The molecule has 0 fully saturated rings. The van der Waals surface area contributed by atoms with E-state index in [0.29, 0.717) is 13.1 Å². The standard InChI is InChI=1S/C16H17BrN2O2/c1-12-4-2-3-5-13(12)10-18-15(20)8-9-19-11-14(17)6-7-16(19)21/h2-7,11H,8-10H2,1H3,(H,18,20). The van der Waals surface area contributed by atoms with Crippen LogP contribution in [0, 0.1) is 6.92 Å². The number of halogens is 1. The van der Waals surface area contributed by atoms with Crippen LogP contribution in [0.25, 0.3) is 0 Å². The maximum absolute atomic E-state index is 11.9. The normalized spacial score (nSPS) is 10.4. The molecule has 0 saturated carbocycles. The molecule has 0 bridgehead atoms. The minimum absolute atomic E-state index is 0.0647. The number of carbonyl (C=O) groups is 1. The van der Waals surface area contributed by atoms with Gasteiger partial charge in [-0.05, 0) is 40.0 Å². The highest BCUT2D eigenvalue weighted by Crippen LogP contribution is 2.07. The van der Waals surface area contributed by atoms with Gasteiger partial charge in [-0.15, -0.1) is 0 Å². The van der Waals surface area contributed by atoms with Crippen LogP contribution < -0.4 is 10.9 Å². The summed E-state index contributed by atoms with van der Waals surface area (Å²) < 4.78 is 2.35. The molecule has 0 radical (unpaired) electrons. The summed E-state index contributed by atoms with van der Waals surface area (Å²) in [5.41, 5.74) is 2.15. The van der Waals surface area contributed by atoms with Gasteiger partial charge in [-0.25, -0.2) is 0 Å². The third kappa shape index (κ3) is 4.56. The van der Waals surface area contributed by atoms with Crippen LogP contribution in [0.2, 0.25) is 0 Å². The number of nitrogens with one attached hydrogen (secondary N) is 1. The van der Waals surface area contributed by atoms with Crippen molar-refractivity contribution in [3.8, 4) is 0 Å². The average molecular weight is 349 g/mol. The topological polar surface area (TPSA) is 51.1 Å². The number of nitrogens with zero attached hydrogens (tertiary/aromatic N) is 1. The summed E-state index contributed by atoms with van der Waals surface area (Å²) in [5, 5.41) is 2.88. The van der Waals surface area contributed by atoms with Crippen LogP contribution in [-0.4, -0.2) is 10.5 Å². The highest BCUT2D eigenvalue weighted by molar-refractivity contribution is 9.10. The molecular weight excluding hydrogens is 332 g/mol. The van der Waals surface area contributed by atoms with E-state index in [9.17, 15) is 9.59 Å². The van der Waals surface area contributed by atoms with Gasteiger partial charge in [0.15, 0.2) is 0 Å². The van der Waals surface area contributed by atoms with Gasteiger partial charge in [0.1, 0.15) is 0 Å². The van der Waals surface area contributed by atoms with Crippen molar-refractivity contribution in [3.63, 3.8) is 0 Å². The molecule has 5 heteroatoms. The molecule has 0 aliphatic heterocycles. The van der Waals surface area contributed by atoms with E-state index in [1.807, 2.05) is 31.2 Å². The van der Waals surface area contributed by atoms with E-state index >= 15 is 0 Å². The third-order valence-corrected chi connectivity index (χ3v) is 3.73. The highest BCUT2D eigenvalue weighted by atomic mass is 79.9. The Morgan fingerprint density at radius 1 is 1.24 bits per heavy atom. The van der Waals surface area contributed by atoms with Crippen LogP contribution in [0.4, 0.5) is 0 Å². The van der Waals surface area contributed by atoms with Crippen molar-refractivity contribution in [2.45, 2.75) is 26.4 Å². The lowest BCUT2D eigenvalue weighted by Gasteiger charge is -2.09. The lowest BCUT2D eigenvalue weighted by molar-refractivity contribution is -0.121. The van der Waals surface area contributed by atoms with E-state index in [0.717, 1.165) is 15.6 Å².